The molecule has 0 aliphatic rings. The van der Waals surface area contributed by atoms with Crippen LogP contribution in [0.5, 0.6) is 0 Å². The van der Waals surface area contributed by atoms with Crippen LogP contribution in [-0.2, 0) is 16.1 Å². The van der Waals surface area contributed by atoms with E-state index in [0.717, 1.165) is 12.8 Å². The molecule has 4 heteroatoms. The summed E-state index contributed by atoms with van der Waals surface area (Å²) in [5.74, 6) is -1.05. The van der Waals surface area contributed by atoms with Crippen LogP contribution < -0.4 is 0 Å². The van der Waals surface area contributed by atoms with E-state index < -0.39 is 5.97 Å². The van der Waals surface area contributed by atoms with Gasteiger partial charge in [0.2, 0.25) is 0 Å². The van der Waals surface area contributed by atoms with Crippen molar-refractivity contribution in [1.29, 1.82) is 0 Å². The van der Waals surface area contributed by atoms with E-state index in [1.807, 2.05) is 0 Å². The lowest BCUT2D eigenvalue weighted by molar-refractivity contribution is -0.129. The molecule has 92 valence electrons. The Morgan fingerprint density at radius 2 is 2.00 bits per heavy atom. The predicted molar refractivity (Wildman–Crippen MR) is 66.2 cm³/mol. The molecule has 1 aromatic rings. The van der Waals surface area contributed by atoms with Gasteiger partial charge in [0.15, 0.2) is 5.71 Å². The van der Waals surface area contributed by atoms with Gasteiger partial charge in [-0.3, -0.25) is 0 Å². The van der Waals surface area contributed by atoms with Gasteiger partial charge in [0, 0.05) is 0 Å². The minimum absolute atomic E-state index is 0.0275. The topological polar surface area (TPSA) is 58.9 Å². The van der Waals surface area contributed by atoms with E-state index in [1.165, 1.54) is 18.1 Å². The van der Waals surface area contributed by atoms with E-state index in [1.54, 1.807) is 0 Å². The molecule has 1 N–H and O–H groups in total. The van der Waals surface area contributed by atoms with Crippen molar-refractivity contribution >= 4 is 11.7 Å². The first-order valence-corrected chi connectivity index (χ1v) is 5.55. The number of hydrogen-bond acceptors (Lipinski definition) is 3. The van der Waals surface area contributed by atoms with E-state index in [-0.39, 0.29) is 5.71 Å². The first kappa shape index (κ1) is 13.2. The lowest BCUT2D eigenvalue weighted by Gasteiger charge is -2.02. The number of aryl methyl sites for hydroxylation is 2. The van der Waals surface area contributed by atoms with Crippen molar-refractivity contribution in [1.82, 2.24) is 0 Å². The minimum atomic E-state index is -1.05. The standard InChI is InChI=1S/C13H17NO3/c1-10-5-7-12(8-6-10)4-3-9-17-14-11(2)13(15)16/h5-8H,3-4,9H2,1-2H3,(H,15,16)/b14-11-. The van der Waals surface area contributed by atoms with Crippen LogP contribution in [-0.4, -0.2) is 23.4 Å². The van der Waals surface area contributed by atoms with E-state index >= 15 is 0 Å². The normalized spacial score (nSPS) is 11.3. The van der Waals surface area contributed by atoms with Gasteiger partial charge in [-0.05, 0) is 32.3 Å². The number of carbonyl (C=O) groups is 1. The predicted octanol–water partition coefficient (Wildman–Crippen LogP) is 2.40. The first-order valence-electron chi connectivity index (χ1n) is 5.55. The fourth-order valence-corrected chi connectivity index (χ4v) is 1.28. The van der Waals surface area contributed by atoms with Gasteiger partial charge < -0.3 is 9.94 Å². The molecule has 17 heavy (non-hydrogen) atoms. The number of nitrogens with zero attached hydrogens (tertiary/aromatic N) is 1. The highest BCUT2D eigenvalue weighted by Gasteiger charge is 2.01. The van der Waals surface area contributed by atoms with Gasteiger partial charge in [0.1, 0.15) is 6.61 Å². The van der Waals surface area contributed by atoms with Crippen LogP contribution >= 0.6 is 0 Å². The zero-order chi connectivity index (χ0) is 12.7. The Labute approximate surface area is 101 Å². The molecule has 0 radical (unpaired) electrons. The van der Waals surface area contributed by atoms with Crippen LogP contribution in [0.3, 0.4) is 0 Å². The Balaban J connectivity index is 2.23. The molecule has 0 amide bonds. The second-order valence-electron chi connectivity index (χ2n) is 3.90. The number of carboxylic acids is 1. The summed E-state index contributed by atoms with van der Waals surface area (Å²) in [4.78, 5) is 15.3. The SMILES string of the molecule is C/C(=N/OCCCc1ccc(C)cc1)C(=O)O. The summed E-state index contributed by atoms with van der Waals surface area (Å²) in [7, 11) is 0. The van der Waals surface area contributed by atoms with Crippen LogP contribution in [0.4, 0.5) is 0 Å². The lowest BCUT2D eigenvalue weighted by atomic mass is 10.1. The van der Waals surface area contributed by atoms with Crippen LogP contribution in [0.1, 0.15) is 24.5 Å². The summed E-state index contributed by atoms with van der Waals surface area (Å²) >= 11 is 0. The van der Waals surface area contributed by atoms with Crippen molar-refractivity contribution in [3.8, 4) is 0 Å². The molecule has 0 aromatic heterocycles. The summed E-state index contributed by atoms with van der Waals surface area (Å²) in [5.41, 5.74) is 2.46. The maximum Gasteiger partial charge on any atom is 0.353 e. The summed E-state index contributed by atoms with van der Waals surface area (Å²) in [6, 6.07) is 8.31. The highest BCUT2D eigenvalue weighted by atomic mass is 16.6. The molecule has 0 unspecified atom stereocenters. The monoisotopic (exact) mass is 235 g/mol. The van der Waals surface area contributed by atoms with Crippen LogP contribution in [0.2, 0.25) is 0 Å². The molecule has 0 aliphatic carbocycles. The molecule has 0 saturated heterocycles. The molecule has 4 nitrogen and oxygen atoms in total. The van der Waals surface area contributed by atoms with Gasteiger partial charge in [-0.25, -0.2) is 4.79 Å². The smallest absolute Gasteiger partial charge is 0.353 e. The Hall–Kier alpha value is -1.84. The third-order valence-electron chi connectivity index (χ3n) is 2.33. The zero-order valence-corrected chi connectivity index (χ0v) is 10.1. The average Bonchev–Trinajstić information content (AvgIpc) is 2.30. The van der Waals surface area contributed by atoms with Crippen LogP contribution in [0, 0.1) is 6.92 Å². The molecule has 0 heterocycles. The van der Waals surface area contributed by atoms with Crippen molar-refractivity contribution in [3.05, 3.63) is 35.4 Å². The van der Waals surface area contributed by atoms with Crippen molar-refractivity contribution in [2.24, 2.45) is 5.16 Å². The second-order valence-corrected chi connectivity index (χ2v) is 3.90. The lowest BCUT2D eigenvalue weighted by Crippen LogP contribution is -2.08. The number of hydrogen-bond donors (Lipinski definition) is 1. The van der Waals surface area contributed by atoms with Crippen molar-refractivity contribution < 1.29 is 14.7 Å². The molecular formula is C13H17NO3. The van der Waals surface area contributed by atoms with Crippen LogP contribution in [0.15, 0.2) is 29.4 Å². The zero-order valence-electron chi connectivity index (χ0n) is 10.1. The van der Waals surface area contributed by atoms with Gasteiger partial charge in [-0.2, -0.15) is 0 Å². The number of aliphatic carboxylic acids is 1. The molecule has 1 aromatic carbocycles. The molecule has 0 bridgehead atoms. The molecule has 0 saturated carbocycles. The van der Waals surface area contributed by atoms with Crippen molar-refractivity contribution in [3.63, 3.8) is 0 Å². The van der Waals surface area contributed by atoms with Gasteiger partial charge in [-0.15, -0.1) is 0 Å². The van der Waals surface area contributed by atoms with Gasteiger partial charge in [0.25, 0.3) is 0 Å². The fourth-order valence-electron chi connectivity index (χ4n) is 1.28. The third kappa shape index (κ3) is 5.15. The van der Waals surface area contributed by atoms with Crippen LogP contribution in [0.25, 0.3) is 0 Å². The van der Waals surface area contributed by atoms with Gasteiger partial charge in [0.05, 0.1) is 0 Å². The summed E-state index contributed by atoms with van der Waals surface area (Å²) < 4.78 is 0. The highest BCUT2D eigenvalue weighted by molar-refractivity contribution is 6.34. The maximum absolute atomic E-state index is 10.4. The van der Waals surface area contributed by atoms with E-state index in [9.17, 15) is 4.79 Å². The third-order valence-corrected chi connectivity index (χ3v) is 2.33. The highest BCUT2D eigenvalue weighted by Crippen LogP contribution is 2.05. The van der Waals surface area contributed by atoms with Crippen molar-refractivity contribution in [2.75, 3.05) is 6.61 Å². The van der Waals surface area contributed by atoms with Gasteiger partial charge >= 0.3 is 5.97 Å². The number of carboxylic acid groups (broad SMARTS) is 1. The minimum Gasteiger partial charge on any atom is -0.477 e. The molecule has 0 atom stereocenters. The average molecular weight is 235 g/mol. The summed E-state index contributed by atoms with van der Waals surface area (Å²) in [5, 5.41) is 12.0. The van der Waals surface area contributed by atoms with E-state index in [0.29, 0.717) is 6.61 Å². The Morgan fingerprint density at radius 1 is 1.35 bits per heavy atom. The largest absolute Gasteiger partial charge is 0.477 e. The summed E-state index contributed by atoms with van der Waals surface area (Å²) in [6.45, 7) is 3.89. The molecular weight excluding hydrogens is 218 g/mol. The fraction of sp³-hybridized carbons (Fsp3) is 0.385. The number of rotatable bonds is 6. The molecule has 0 aliphatic heterocycles. The van der Waals surface area contributed by atoms with E-state index in [4.69, 9.17) is 9.94 Å². The van der Waals surface area contributed by atoms with E-state index in [2.05, 4.69) is 36.3 Å². The molecule has 1 rings (SSSR count). The quantitative estimate of drug-likeness (QED) is 0.468. The van der Waals surface area contributed by atoms with Crippen molar-refractivity contribution in [2.45, 2.75) is 26.7 Å². The first-order chi connectivity index (χ1) is 8.09. The number of benzene rings is 1. The molecule has 0 spiro atoms. The summed E-state index contributed by atoms with van der Waals surface area (Å²) in [6.07, 6.45) is 1.72. The molecule has 0 fully saturated rings. The Kier molecular flexibility index (Phi) is 5.20. The van der Waals surface area contributed by atoms with Gasteiger partial charge in [-0.1, -0.05) is 35.0 Å². The second kappa shape index (κ2) is 6.68. The Bertz CT molecular complexity index is 396. The maximum atomic E-state index is 10.4. The number of oxime groups is 1. The Morgan fingerprint density at radius 3 is 2.59 bits per heavy atom.